The number of aliphatic hydroxyl groups excluding tert-OH is 1. The summed E-state index contributed by atoms with van der Waals surface area (Å²) in [6.07, 6.45) is 9.42. The minimum absolute atomic E-state index is 0. The topological polar surface area (TPSA) is 83.8 Å². The molecule has 0 unspecified atom stereocenters. The number of aliphatic hydroxyl groups is 1. The predicted octanol–water partition coefficient (Wildman–Crippen LogP) is 3.83. The predicted molar refractivity (Wildman–Crippen MR) is 109 cm³/mol. The summed E-state index contributed by atoms with van der Waals surface area (Å²) in [4.78, 5) is 0. The summed E-state index contributed by atoms with van der Waals surface area (Å²) in [5, 5.41) is 10.2. The monoisotopic (exact) mass is 423 g/mol. The average molecular weight is 424 g/mol. The Kier molecular flexibility index (Phi) is 6.77. The molecule has 0 aliphatic heterocycles. The van der Waals surface area contributed by atoms with Gasteiger partial charge in [0.25, 0.3) is 0 Å². The van der Waals surface area contributed by atoms with Crippen molar-refractivity contribution in [3.05, 3.63) is 0 Å². The van der Waals surface area contributed by atoms with Gasteiger partial charge in [0.05, 0.1) is 12.2 Å². The molecule has 4 fully saturated rings. The van der Waals surface area contributed by atoms with E-state index in [1.54, 1.807) is 6.92 Å². The molecule has 0 aromatic heterocycles. The Hall–Kier alpha value is 0.830. The molecule has 5 nitrogen and oxygen atoms in total. The molecule has 157 valence electrons. The largest absolute Gasteiger partial charge is 0.397 e. The van der Waals surface area contributed by atoms with Crippen molar-refractivity contribution in [2.24, 2.45) is 40.4 Å². The van der Waals surface area contributed by atoms with Crippen molar-refractivity contribution in [1.29, 1.82) is 0 Å². The molecule has 2 N–H and O–H groups in total. The van der Waals surface area contributed by atoms with Crippen LogP contribution in [-0.4, -0.2) is 59.8 Å². The fourth-order valence-corrected chi connectivity index (χ4v) is 8.82. The van der Waals surface area contributed by atoms with Crippen LogP contribution in [0.1, 0.15) is 78.6 Å². The zero-order valence-corrected chi connectivity index (χ0v) is 20.7. The number of hydrogen-bond donors (Lipinski definition) is 2. The molecule has 7 heteroatoms. The molecule has 9 atom stereocenters. The van der Waals surface area contributed by atoms with E-state index in [1.807, 2.05) is 0 Å². The van der Waals surface area contributed by atoms with Crippen LogP contribution >= 0.6 is 0 Å². The van der Waals surface area contributed by atoms with Crippen molar-refractivity contribution in [3.63, 3.8) is 0 Å². The number of fused-ring (bicyclic) bond motifs is 5. The van der Waals surface area contributed by atoms with Crippen molar-refractivity contribution in [1.82, 2.24) is 0 Å². The molecule has 0 saturated heterocycles. The fourth-order valence-electron chi connectivity index (χ4n) is 8.31. The molecule has 1 radical (unpaired) electrons. The Labute approximate surface area is 192 Å². The van der Waals surface area contributed by atoms with Crippen LogP contribution in [0, 0.1) is 40.4 Å². The Balaban J connectivity index is 0.00000225. The SMILES string of the molecule is C[C@@H](OS(=O)(=O)O)[C@H]1CC[C@H]2[C@@H]3CC[C@H]4C[C@@H](O)CC[C@]4(C)[C@H]3CC[C@]12C.[Na]. The van der Waals surface area contributed by atoms with E-state index in [0.29, 0.717) is 23.2 Å². The third-order valence-electron chi connectivity index (χ3n) is 9.55. The molecule has 0 aromatic rings. The van der Waals surface area contributed by atoms with Gasteiger partial charge >= 0.3 is 10.4 Å². The Morgan fingerprint density at radius 1 is 0.964 bits per heavy atom. The molecular formula is C21H36NaO5S. The van der Waals surface area contributed by atoms with Gasteiger partial charge in [-0.15, -0.1) is 0 Å². The normalized spacial score (nSPS) is 49.3. The Bertz CT molecular complexity index is 684. The standard InChI is InChI=1S/C21H36O5S.Na/c1-13(26-27(23,24)25)17-6-7-18-16-5-4-14-12-15(22)8-10-20(14,2)19(16)9-11-21(17,18)3;/h13-19,22H,4-12H2,1-3H3,(H,23,24,25);/t13-,14+,15+,16+,17-,18+,19+,20+,21-;/m1./s1. The second-order valence-electron chi connectivity index (χ2n) is 10.5. The molecule has 0 amide bonds. The first kappa shape index (κ1) is 23.5. The number of hydrogen-bond acceptors (Lipinski definition) is 4. The van der Waals surface area contributed by atoms with Gasteiger partial charge in [0.15, 0.2) is 0 Å². The van der Waals surface area contributed by atoms with E-state index in [-0.39, 0.29) is 47.0 Å². The van der Waals surface area contributed by atoms with E-state index in [0.717, 1.165) is 44.4 Å². The summed E-state index contributed by atoms with van der Waals surface area (Å²) in [6.45, 7) is 6.63. The molecule has 0 aromatic carbocycles. The number of rotatable bonds is 3. The third kappa shape index (κ3) is 3.89. The quantitative estimate of drug-likeness (QED) is 0.532. The van der Waals surface area contributed by atoms with Gasteiger partial charge in [-0.2, -0.15) is 8.42 Å². The summed E-state index contributed by atoms with van der Waals surface area (Å²) in [5.41, 5.74) is 0.459. The van der Waals surface area contributed by atoms with Crippen molar-refractivity contribution in [3.8, 4) is 0 Å². The second-order valence-corrected chi connectivity index (χ2v) is 11.6. The zero-order chi connectivity index (χ0) is 19.6. The van der Waals surface area contributed by atoms with Gasteiger partial charge in [0.1, 0.15) is 0 Å². The smallest absolute Gasteiger partial charge is 0.393 e. The van der Waals surface area contributed by atoms with Crippen LogP contribution in [0.3, 0.4) is 0 Å². The van der Waals surface area contributed by atoms with Crippen LogP contribution in [0.25, 0.3) is 0 Å². The minimum atomic E-state index is -4.40. The minimum Gasteiger partial charge on any atom is -0.393 e. The third-order valence-corrected chi connectivity index (χ3v) is 10.1. The summed E-state index contributed by atoms with van der Waals surface area (Å²) >= 11 is 0. The van der Waals surface area contributed by atoms with Crippen molar-refractivity contribution < 1.29 is 22.3 Å². The maximum absolute atomic E-state index is 11.2. The molecule has 4 rings (SSSR count). The van der Waals surface area contributed by atoms with Crippen LogP contribution in [0.15, 0.2) is 0 Å². The van der Waals surface area contributed by atoms with Crippen LogP contribution in [0.2, 0.25) is 0 Å². The Morgan fingerprint density at radius 3 is 2.29 bits per heavy atom. The van der Waals surface area contributed by atoms with E-state index >= 15 is 0 Å². The van der Waals surface area contributed by atoms with Crippen molar-refractivity contribution >= 4 is 40.0 Å². The van der Waals surface area contributed by atoms with E-state index in [1.165, 1.54) is 19.3 Å². The van der Waals surface area contributed by atoms with E-state index in [2.05, 4.69) is 13.8 Å². The first-order valence-corrected chi connectivity index (χ1v) is 12.2. The molecular weight excluding hydrogens is 387 g/mol. The molecule has 0 spiro atoms. The van der Waals surface area contributed by atoms with E-state index in [4.69, 9.17) is 8.74 Å². The summed E-state index contributed by atoms with van der Waals surface area (Å²) in [5.74, 6) is 2.91. The summed E-state index contributed by atoms with van der Waals surface area (Å²) in [7, 11) is -4.40. The average Bonchev–Trinajstić information content (AvgIpc) is 2.91. The van der Waals surface area contributed by atoms with Gasteiger partial charge in [-0.1, -0.05) is 13.8 Å². The first-order chi connectivity index (χ1) is 12.5. The van der Waals surface area contributed by atoms with Gasteiger partial charge in [0.2, 0.25) is 0 Å². The van der Waals surface area contributed by atoms with Gasteiger partial charge in [0, 0.05) is 29.6 Å². The maximum atomic E-state index is 11.2. The molecule has 4 aliphatic rings. The molecule has 0 heterocycles. The van der Waals surface area contributed by atoms with Crippen LogP contribution in [0.5, 0.6) is 0 Å². The van der Waals surface area contributed by atoms with E-state index < -0.39 is 16.5 Å². The molecule has 4 saturated carbocycles. The molecule has 28 heavy (non-hydrogen) atoms. The zero-order valence-electron chi connectivity index (χ0n) is 17.9. The van der Waals surface area contributed by atoms with Gasteiger partial charge in [-0.25, -0.2) is 4.18 Å². The van der Waals surface area contributed by atoms with Crippen molar-refractivity contribution in [2.75, 3.05) is 0 Å². The first-order valence-electron chi connectivity index (χ1n) is 10.9. The second kappa shape index (κ2) is 8.07. The van der Waals surface area contributed by atoms with Crippen LogP contribution in [0.4, 0.5) is 0 Å². The van der Waals surface area contributed by atoms with Gasteiger partial charge in [-0.3, -0.25) is 4.55 Å². The Morgan fingerprint density at radius 2 is 1.61 bits per heavy atom. The van der Waals surface area contributed by atoms with Crippen LogP contribution < -0.4 is 0 Å². The maximum Gasteiger partial charge on any atom is 0.397 e. The molecule has 4 aliphatic carbocycles. The fraction of sp³-hybridized carbons (Fsp3) is 1.00. The van der Waals surface area contributed by atoms with Crippen LogP contribution in [-0.2, 0) is 14.6 Å². The van der Waals surface area contributed by atoms with Crippen molar-refractivity contribution in [2.45, 2.75) is 90.8 Å². The summed E-state index contributed by atoms with van der Waals surface area (Å²) in [6, 6.07) is 0. The van der Waals surface area contributed by atoms with Gasteiger partial charge in [-0.05, 0) is 105 Å². The molecule has 0 bridgehead atoms. The van der Waals surface area contributed by atoms with Gasteiger partial charge < -0.3 is 5.11 Å². The summed E-state index contributed by atoms with van der Waals surface area (Å²) < 4.78 is 36.6. The van der Waals surface area contributed by atoms with E-state index in [9.17, 15) is 13.5 Å².